The van der Waals surface area contributed by atoms with Gasteiger partial charge in [-0.3, -0.25) is 0 Å². The number of hydrogen-bond donors (Lipinski definition) is 0. The number of para-hydroxylation sites is 3. The van der Waals surface area contributed by atoms with Gasteiger partial charge in [-0.15, -0.1) is 0 Å². The first-order valence-electron chi connectivity index (χ1n) is 23.3. The minimum Gasteiger partial charge on any atom is -0.307 e. The molecule has 0 radical (unpaired) electrons. The molecule has 0 spiro atoms. The first-order chi connectivity index (χ1) is 34.1. The largest absolute Gasteiger partial charge is 0.307 e. The van der Waals surface area contributed by atoms with Crippen LogP contribution < -0.4 is 0 Å². The minimum atomic E-state index is 0.638. The van der Waals surface area contributed by atoms with Crippen molar-refractivity contribution in [3.05, 3.63) is 242 Å². The maximum Gasteiger partial charge on any atom is 0.160 e. The Morgan fingerprint density at radius 3 is 1.20 bits per heavy atom. The number of fused-ring (bicyclic) bond motifs is 6. The normalized spacial score (nSPS) is 11.6. The Bertz CT molecular complexity index is 3900. The lowest BCUT2D eigenvalue weighted by Gasteiger charge is -2.23. The van der Waals surface area contributed by atoms with E-state index < -0.39 is 0 Å². The summed E-state index contributed by atoms with van der Waals surface area (Å²) in [6, 6.07) is 83.3. The molecule has 6 nitrogen and oxygen atoms in total. The molecule has 0 atom stereocenters. The van der Waals surface area contributed by atoms with E-state index in [1.807, 2.05) is 48.5 Å². The molecule has 0 saturated heterocycles. The molecule has 6 heteroatoms. The molecule has 0 aliphatic heterocycles. The van der Waals surface area contributed by atoms with Gasteiger partial charge in [0, 0.05) is 54.9 Å². The Labute approximate surface area is 399 Å². The van der Waals surface area contributed by atoms with E-state index in [9.17, 15) is 0 Å². The Morgan fingerprint density at radius 2 is 0.681 bits per heavy atom. The van der Waals surface area contributed by atoms with Gasteiger partial charge in [0.1, 0.15) is 0 Å². The lowest BCUT2D eigenvalue weighted by molar-refractivity contribution is 1.09. The second-order valence-electron chi connectivity index (χ2n) is 17.5. The quantitative estimate of drug-likeness (QED) is 0.153. The number of aryl methyl sites for hydroxylation is 1. The molecule has 0 aliphatic carbocycles. The molecule has 4 heterocycles. The van der Waals surface area contributed by atoms with Gasteiger partial charge in [-0.05, 0) is 61.5 Å². The number of aromatic nitrogens is 6. The van der Waals surface area contributed by atoms with Gasteiger partial charge in [-0.2, -0.15) is 0 Å². The van der Waals surface area contributed by atoms with Gasteiger partial charge in [0.05, 0.1) is 56.2 Å². The number of rotatable bonds is 8. The minimum absolute atomic E-state index is 0.638. The summed E-state index contributed by atoms with van der Waals surface area (Å²) in [5, 5.41) is 4.70. The van der Waals surface area contributed by atoms with E-state index in [-0.39, 0.29) is 0 Å². The highest BCUT2D eigenvalue weighted by Gasteiger charge is 2.26. The fraction of sp³-hybridized carbons (Fsp3) is 0.0159. The zero-order valence-electron chi connectivity index (χ0n) is 37.7. The van der Waals surface area contributed by atoms with Crippen LogP contribution in [-0.2, 0) is 0 Å². The second-order valence-corrected chi connectivity index (χ2v) is 17.5. The van der Waals surface area contributed by atoms with Crippen LogP contribution in [-0.4, -0.2) is 29.1 Å². The first kappa shape index (κ1) is 40.1. The molecule has 69 heavy (non-hydrogen) atoms. The summed E-state index contributed by atoms with van der Waals surface area (Å²) in [6.07, 6.45) is 0. The van der Waals surface area contributed by atoms with Crippen molar-refractivity contribution in [2.45, 2.75) is 6.92 Å². The van der Waals surface area contributed by atoms with E-state index in [2.05, 4.69) is 204 Å². The molecular weight excluding hydrogens is 841 g/mol. The van der Waals surface area contributed by atoms with Gasteiger partial charge >= 0.3 is 0 Å². The summed E-state index contributed by atoms with van der Waals surface area (Å²) in [7, 11) is 0. The van der Waals surface area contributed by atoms with Crippen molar-refractivity contribution in [2.24, 2.45) is 0 Å². The summed E-state index contributed by atoms with van der Waals surface area (Å²) < 4.78 is 4.90. The maximum atomic E-state index is 5.59. The van der Waals surface area contributed by atoms with Gasteiger partial charge in [0.15, 0.2) is 11.6 Å². The van der Waals surface area contributed by atoms with E-state index in [1.165, 1.54) is 27.1 Å². The van der Waals surface area contributed by atoms with Crippen LogP contribution >= 0.6 is 0 Å². The van der Waals surface area contributed by atoms with Crippen molar-refractivity contribution in [3.63, 3.8) is 0 Å². The molecular formula is C63H42N6. The van der Waals surface area contributed by atoms with Crippen LogP contribution in [0.4, 0.5) is 0 Å². The van der Waals surface area contributed by atoms with Crippen LogP contribution in [0.25, 0.3) is 123 Å². The average Bonchev–Trinajstić information content (AvgIpc) is 3.93. The molecule has 324 valence electrons. The van der Waals surface area contributed by atoms with Gasteiger partial charge in [-0.25, -0.2) is 19.9 Å². The highest BCUT2D eigenvalue weighted by molar-refractivity contribution is 6.12. The SMILES string of the molecule is Cc1ccc2c(c1)c1ccccc1n2-c1cc(-c2cc(-c3ccccc3)nc(-c3ccccc3)n2)cc(-c2cc(-c3ccccc3)nc(-c3ccccc3)n2)c1-n1c2ccccc2c2ccccc21. The van der Waals surface area contributed by atoms with E-state index in [0.29, 0.717) is 11.6 Å². The van der Waals surface area contributed by atoms with Gasteiger partial charge < -0.3 is 9.13 Å². The van der Waals surface area contributed by atoms with Crippen LogP contribution in [0.2, 0.25) is 0 Å². The Morgan fingerprint density at radius 1 is 0.290 bits per heavy atom. The van der Waals surface area contributed by atoms with E-state index in [1.54, 1.807) is 0 Å². The zero-order valence-corrected chi connectivity index (χ0v) is 37.7. The Kier molecular flexibility index (Phi) is 9.61. The molecule has 0 aliphatic rings. The van der Waals surface area contributed by atoms with Crippen LogP contribution in [0, 0.1) is 6.92 Å². The molecule has 4 aromatic heterocycles. The van der Waals surface area contributed by atoms with Crippen LogP contribution in [0.15, 0.2) is 237 Å². The third-order valence-corrected chi connectivity index (χ3v) is 13.2. The zero-order chi connectivity index (χ0) is 45.8. The van der Waals surface area contributed by atoms with Crippen molar-refractivity contribution >= 4 is 43.6 Å². The van der Waals surface area contributed by atoms with Crippen molar-refractivity contribution in [2.75, 3.05) is 0 Å². The van der Waals surface area contributed by atoms with Crippen molar-refractivity contribution in [3.8, 4) is 79.2 Å². The van der Waals surface area contributed by atoms with Crippen LogP contribution in [0.1, 0.15) is 5.56 Å². The fourth-order valence-electron chi connectivity index (χ4n) is 10.0. The standard InChI is InChI=1S/C63H42N6/c1-41-34-35-59-50(36-41)49-30-16-17-31-56(49)68(59)60-38-46(54-39-52(42-20-6-2-7-21-42)64-62(66-54)44-24-10-4-11-25-44)37-51(61(60)69-57-32-18-14-28-47(57)48-29-15-19-33-58(48)69)55-40-53(43-22-8-3-9-23-43)65-63(67-55)45-26-12-5-13-27-45/h2-40H,1H3. The fourth-order valence-corrected chi connectivity index (χ4v) is 10.0. The van der Waals surface area contributed by atoms with Crippen molar-refractivity contribution in [1.29, 1.82) is 0 Å². The van der Waals surface area contributed by atoms with Crippen molar-refractivity contribution < 1.29 is 0 Å². The van der Waals surface area contributed by atoms with E-state index in [4.69, 9.17) is 19.9 Å². The molecule has 0 bridgehead atoms. The van der Waals surface area contributed by atoms with E-state index >= 15 is 0 Å². The summed E-state index contributed by atoms with van der Waals surface area (Å²) in [5.74, 6) is 1.29. The molecule has 13 rings (SSSR count). The topological polar surface area (TPSA) is 61.4 Å². The van der Waals surface area contributed by atoms with Gasteiger partial charge in [0.2, 0.25) is 0 Å². The molecule has 0 saturated carbocycles. The van der Waals surface area contributed by atoms with Gasteiger partial charge in [0.25, 0.3) is 0 Å². The highest BCUT2D eigenvalue weighted by Crippen LogP contribution is 2.45. The number of nitrogens with zero attached hydrogens (tertiary/aromatic N) is 6. The average molecular weight is 883 g/mol. The van der Waals surface area contributed by atoms with Crippen LogP contribution in [0.3, 0.4) is 0 Å². The molecule has 0 fully saturated rings. The third kappa shape index (κ3) is 6.97. The Hall–Kier alpha value is -9.26. The van der Waals surface area contributed by atoms with Crippen LogP contribution in [0.5, 0.6) is 0 Å². The third-order valence-electron chi connectivity index (χ3n) is 13.2. The molecule has 0 amide bonds. The number of benzene rings is 9. The molecule has 0 unspecified atom stereocenters. The molecule has 0 N–H and O–H groups in total. The lowest BCUT2D eigenvalue weighted by Crippen LogP contribution is -2.08. The number of hydrogen-bond acceptors (Lipinski definition) is 4. The van der Waals surface area contributed by atoms with E-state index in [0.717, 1.165) is 89.6 Å². The smallest absolute Gasteiger partial charge is 0.160 e. The summed E-state index contributed by atoms with van der Waals surface area (Å²) in [6.45, 7) is 2.17. The first-order valence-corrected chi connectivity index (χ1v) is 23.3. The van der Waals surface area contributed by atoms with Gasteiger partial charge in [-0.1, -0.05) is 188 Å². The monoisotopic (exact) mass is 882 g/mol. The summed E-state index contributed by atoms with van der Waals surface area (Å²) in [5.41, 5.74) is 16.5. The Balaban J connectivity index is 1.23. The summed E-state index contributed by atoms with van der Waals surface area (Å²) >= 11 is 0. The predicted octanol–water partition coefficient (Wildman–Crippen LogP) is 15.8. The second kappa shape index (κ2) is 16.6. The van der Waals surface area contributed by atoms with Crippen molar-refractivity contribution in [1.82, 2.24) is 29.1 Å². The molecule has 9 aromatic carbocycles. The summed E-state index contributed by atoms with van der Waals surface area (Å²) in [4.78, 5) is 21.5. The molecule has 13 aromatic rings. The lowest BCUT2D eigenvalue weighted by atomic mass is 9.98. The highest BCUT2D eigenvalue weighted by atomic mass is 15.1. The maximum absolute atomic E-state index is 5.59. The predicted molar refractivity (Wildman–Crippen MR) is 284 cm³/mol.